The maximum Gasteiger partial charge on any atom is 0.246 e. The monoisotopic (exact) mass is 404 g/mol. The molecule has 5 heteroatoms. The second kappa shape index (κ2) is 8.62. The number of hydrogen-bond donors (Lipinski definition) is 0. The molecule has 29 heavy (non-hydrogen) atoms. The Morgan fingerprint density at radius 2 is 2.03 bits per heavy atom. The smallest absolute Gasteiger partial charge is 0.246 e. The average molecular weight is 405 g/mol. The van der Waals surface area contributed by atoms with Crippen LogP contribution in [0.3, 0.4) is 0 Å². The quantitative estimate of drug-likeness (QED) is 0.531. The Labute approximate surface area is 175 Å². The van der Waals surface area contributed by atoms with E-state index in [1.54, 1.807) is 17.4 Å². The number of benzene rings is 2. The number of carbonyl (C=O) groups is 1. The van der Waals surface area contributed by atoms with Gasteiger partial charge in [-0.2, -0.15) is 0 Å². The molecule has 4 nitrogen and oxygen atoms in total. The molecule has 2 aromatic carbocycles. The van der Waals surface area contributed by atoms with Crippen molar-refractivity contribution < 1.29 is 9.53 Å². The zero-order valence-corrected chi connectivity index (χ0v) is 17.5. The maximum atomic E-state index is 12.6. The molecular formula is C24H24N2O2S. The molecule has 0 fully saturated rings. The van der Waals surface area contributed by atoms with E-state index in [2.05, 4.69) is 23.2 Å². The van der Waals surface area contributed by atoms with Gasteiger partial charge in [0.2, 0.25) is 5.91 Å². The van der Waals surface area contributed by atoms with E-state index >= 15 is 0 Å². The summed E-state index contributed by atoms with van der Waals surface area (Å²) in [5, 5.41) is 3.05. The molecule has 148 valence electrons. The van der Waals surface area contributed by atoms with Crippen molar-refractivity contribution in [1.29, 1.82) is 0 Å². The summed E-state index contributed by atoms with van der Waals surface area (Å²) in [6.45, 7) is 2.45. The van der Waals surface area contributed by atoms with Gasteiger partial charge in [0.1, 0.15) is 12.4 Å². The lowest BCUT2D eigenvalue weighted by Gasteiger charge is -2.24. The first-order chi connectivity index (χ1) is 14.1. The molecule has 1 aliphatic rings. The highest BCUT2D eigenvalue weighted by molar-refractivity contribution is 7.09. The third-order valence-corrected chi connectivity index (χ3v) is 6.09. The van der Waals surface area contributed by atoms with Gasteiger partial charge in [-0.15, -0.1) is 11.3 Å². The van der Waals surface area contributed by atoms with Crippen LogP contribution in [0.2, 0.25) is 0 Å². The van der Waals surface area contributed by atoms with E-state index in [1.165, 1.54) is 11.1 Å². The van der Waals surface area contributed by atoms with E-state index in [9.17, 15) is 4.79 Å². The molecule has 0 bridgehead atoms. The lowest BCUT2D eigenvalue weighted by Crippen LogP contribution is -2.28. The van der Waals surface area contributed by atoms with Crippen molar-refractivity contribution in [3.05, 3.63) is 87.4 Å². The number of rotatable bonds is 6. The lowest BCUT2D eigenvalue weighted by atomic mass is 10.1. The Kier molecular flexibility index (Phi) is 5.76. The minimum absolute atomic E-state index is 0.0194. The van der Waals surface area contributed by atoms with Crippen LogP contribution in [0.5, 0.6) is 5.75 Å². The number of aromatic nitrogens is 1. The third-order valence-electron chi connectivity index (χ3n) is 5.27. The van der Waals surface area contributed by atoms with E-state index in [4.69, 9.17) is 4.74 Å². The number of fused-ring (bicyclic) bond motifs is 1. The second-order valence-electron chi connectivity index (χ2n) is 7.25. The maximum absolute atomic E-state index is 12.6. The highest BCUT2D eigenvalue weighted by Crippen LogP contribution is 2.34. The number of thiazole rings is 1. The van der Waals surface area contributed by atoms with Crippen LogP contribution < -0.4 is 4.74 Å². The predicted octanol–water partition coefficient (Wildman–Crippen LogP) is 5.19. The Hall–Kier alpha value is -2.92. The Bertz CT molecular complexity index is 1020. The summed E-state index contributed by atoms with van der Waals surface area (Å²) in [4.78, 5) is 18.9. The first kappa shape index (κ1) is 19.4. The lowest BCUT2D eigenvalue weighted by molar-refractivity contribution is -0.126. The summed E-state index contributed by atoms with van der Waals surface area (Å²) < 4.78 is 5.77. The zero-order valence-electron chi connectivity index (χ0n) is 16.7. The van der Waals surface area contributed by atoms with Gasteiger partial charge in [0.05, 0.1) is 16.7 Å². The standard InChI is InChI=1S/C24H24N2O2S/c1-17-25-20(16-29-17)15-28-21-11-7-18(8-12-21)9-14-24(27)26(2)23-13-10-19-5-3-4-6-22(19)23/h3-9,11-12,14,16,23H,10,13,15H2,1-2H3/b14-9+. The number of aryl methyl sites for hydroxylation is 2. The van der Waals surface area contributed by atoms with Crippen molar-refractivity contribution in [1.82, 2.24) is 9.88 Å². The predicted molar refractivity (Wildman–Crippen MR) is 117 cm³/mol. The molecule has 1 heterocycles. The van der Waals surface area contributed by atoms with E-state index in [0.717, 1.165) is 34.9 Å². The summed E-state index contributed by atoms with van der Waals surface area (Å²) in [5.41, 5.74) is 4.53. The number of amides is 1. The van der Waals surface area contributed by atoms with Gasteiger partial charge in [0.15, 0.2) is 0 Å². The largest absolute Gasteiger partial charge is 0.487 e. The van der Waals surface area contributed by atoms with Gasteiger partial charge in [-0.3, -0.25) is 4.79 Å². The van der Waals surface area contributed by atoms with E-state index in [0.29, 0.717) is 6.61 Å². The van der Waals surface area contributed by atoms with Crippen LogP contribution in [-0.4, -0.2) is 22.8 Å². The van der Waals surface area contributed by atoms with Crippen molar-refractivity contribution in [2.75, 3.05) is 7.05 Å². The van der Waals surface area contributed by atoms with Gasteiger partial charge >= 0.3 is 0 Å². The number of ether oxygens (including phenoxy) is 1. The molecule has 0 saturated carbocycles. The molecule has 0 saturated heterocycles. The number of nitrogens with zero attached hydrogens (tertiary/aromatic N) is 2. The highest BCUT2D eigenvalue weighted by Gasteiger charge is 2.27. The summed E-state index contributed by atoms with van der Waals surface area (Å²) >= 11 is 1.62. The topological polar surface area (TPSA) is 42.4 Å². The van der Waals surface area contributed by atoms with Gasteiger partial charge in [0, 0.05) is 18.5 Å². The van der Waals surface area contributed by atoms with Crippen molar-refractivity contribution >= 4 is 23.3 Å². The number of likely N-dealkylation sites (N-methyl/N-ethyl adjacent to an activating group) is 1. The van der Waals surface area contributed by atoms with Crippen LogP contribution >= 0.6 is 11.3 Å². The van der Waals surface area contributed by atoms with Crippen molar-refractivity contribution in [3.63, 3.8) is 0 Å². The number of carbonyl (C=O) groups excluding carboxylic acids is 1. The molecule has 0 spiro atoms. The molecular weight excluding hydrogens is 380 g/mol. The molecule has 1 amide bonds. The van der Waals surface area contributed by atoms with Crippen LogP contribution in [0.1, 0.15) is 39.9 Å². The highest BCUT2D eigenvalue weighted by atomic mass is 32.1. The van der Waals surface area contributed by atoms with E-state index in [1.807, 2.05) is 60.7 Å². The van der Waals surface area contributed by atoms with Crippen molar-refractivity contribution in [2.24, 2.45) is 0 Å². The van der Waals surface area contributed by atoms with E-state index in [-0.39, 0.29) is 11.9 Å². The summed E-state index contributed by atoms with van der Waals surface area (Å²) in [6, 6.07) is 16.3. The summed E-state index contributed by atoms with van der Waals surface area (Å²) in [7, 11) is 1.89. The van der Waals surface area contributed by atoms with Crippen LogP contribution in [0, 0.1) is 6.92 Å². The zero-order chi connectivity index (χ0) is 20.2. The van der Waals surface area contributed by atoms with Crippen LogP contribution in [0.25, 0.3) is 6.08 Å². The molecule has 1 unspecified atom stereocenters. The van der Waals surface area contributed by atoms with Crippen LogP contribution in [-0.2, 0) is 17.8 Å². The Morgan fingerprint density at radius 1 is 1.24 bits per heavy atom. The molecule has 3 aromatic rings. The fourth-order valence-corrected chi connectivity index (χ4v) is 4.28. The average Bonchev–Trinajstić information content (AvgIpc) is 3.36. The minimum Gasteiger partial charge on any atom is -0.487 e. The van der Waals surface area contributed by atoms with Crippen LogP contribution in [0.4, 0.5) is 0 Å². The fourth-order valence-electron chi connectivity index (χ4n) is 3.68. The molecule has 4 rings (SSSR count). The third kappa shape index (κ3) is 4.57. The second-order valence-corrected chi connectivity index (χ2v) is 8.31. The Balaban J connectivity index is 1.34. The van der Waals surface area contributed by atoms with Gasteiger partial charge in [0.25, 0.3) is 0 Å². The first-order valence-electron chi connectivity index (χ1n) is 9.77. The Morgan fingerprint density at radius 3 is 2.79 bits per heavy atom. The normalized spacial score (nSPS) is 15.4. The van der Waals surface area contributed by atoms with Crippen molar-refractivity contribution in [2.45, 2.75) is 32.4 Å². The molecule has 0 aliphatic heterocycles. The molecule has 1 atom stereocenters. The van der Waals surface area contributed by atoms with Gasteiger partial charge in [-0.25, -0.2) is 4.98 Å². The molecule has 1 aliphatic carbocycles. The minimum atomic E-state index is 0.0194. The number of hydrogen-bond acceptors (Lipinski definition) is 4. The SMILES string of the molecule is Cc1nc(COc2ccc(/C=C/C(=O)N(C)C3CCc4ccccc43)cc2)cs1. The molecule has 0 radical (unpaired) electrons. The molecule has 0 N–H and O–H groups in total. The fraction of sp³-hybridized carbons (Fsp3) is 0.250. The van der Waals surface area contributed by atoms with Gasteiger partial charge in [-0.1, -0.05) is 36.4 Å². The van der Waals surface area contributed by atoms with Gasteiger partial charge < -0.3 is 9.64 Å². The van der Waals surface area contributed by atoms with Crippen LogP contribution in [0.15, 0.2) is 60.0 Å². The van der Waals surface area contributed by atoms with Gasteiger partial charge in [-0.05, 0) is 54.7 Å². The van der Waals surface area contributed by atoms with E-state index < -0.39 is 0 Å². The summed E-state index contributed by atoms with van der Waals surface area (Å²) in [5.74, 6) is 0.810. The molecule has 1 aromatic heterocycles. The summed E-state index contributed by atoms with van der Waals surface area (Å²) in [6.07, 6.45) is 5.52. The van der Waals surface area contributed by atoms with Crippen molar-refractivity contribution in [3.8, 4) is 5.75 Å². The first-order valence-corrected chi connectivity index (χ1v) is 10.6.